The molecule has 2 fully saturated rings. The summed E-state index contributed by atoms with van der Waals surface area (Å²) >= 11 is 1.52. The number of piperidine rings is 1. The summed E-state index contributed by atoms with van der Waals surface area (Å²) < 4.78 is 0. The number of aromatic nitrogens is 3. The standard InChI is InChI=1S/C21H29N7O2S/c1-13-9-17(24-15(3)23-13)11-28-12-21(26-20(28)30)5-7-27(8-6-21)14(2)18-10-22-19(31-18)25-16(4)29/h9-10,14H,5-8,11-12H2,1-4H3,(H,26,30)(H,22,25,29)/t14-/m1/s1. The zero-order chi connectivity index (χ0) is 22.2. The van der Waals surface area contributed by atoms with Crippen molar-refractivity contribution in [2.24, 2.45) is 0 Å². The van der Waals surface area contributed by atoms with Crippen LogP contribution in [0.25, 0.3) is 0 Å². The molecule has 10 heteroatoms. The van der Waals surface area contributed by atoms with Crippen molar-refractivity contribution in [1.29, 1.82) is 0 Å². The summed E-state index contributed by atoms with van der Waals surface area (Å²) in [5.74, 6) is 0.624. The number of carbonyl (C=O) groups is 2. The number of anilines is 1. The number of rotatable bonds is 5. The number of hydrogen-bond acceptors (Lipinski definition) is 7. The van der Waals surface area contributed by atoms with E-state index in [1.165, 1.54) is 18.3 Å². The Hall–Kier alpha value is -2.59. The molecule has 0 unspecified atom stereocenters. The molecule has 0 bridgehead atoms. The summed E-state index contributed by atoms with van der Waals surface area (Å²) in [6, 6.07) is 2.15. The zero-order valence-corrected chi connectivity index (χ0v) is 19.3. The summed E-state index contributed by atoms with van der Waals surface area (Å²) in [7, 11) is 0. The van der Waals surface area contributed by atoms with Crippen LogP contribution in [0.5, 0.6) is 0 Å². The predicted molar refractivity (Wildman–Crippen MR) is 119 cm³/mol. The van der Waals surface area contributed by atoms with E-state index in [-0.39, 0.29) is 23.5 Å². The van der Waals surface area contributed by atoms with Crippen molar-refractivity contribution in [2.75, 3.05) is 25.0 Å². The van der Waals surface area contributed by atoms with Crippen molar-refractivity contribution >= 4 is 28.4 Å². The molecule has 3 amide bonds. The van der Waals surface area contributed by atoms with Crippen LogP contribution in [0.2, 0.25) is 0 Å². The van der Waals surface area contributed by atoms with Crippen molar-refractivity contribution < 1.29 is 9.59 Å². The molecule has 0 saturated carbocycles. The van der Waals surface area contributed by atoms with Gasteiger partial charge in [0.15, 0.2) is 5.13 Å². The number of nitrogens with zero attached hydrogens (tertiary/aromatic N) is 5. The molecule has 1 atom stereocenters. The van der Waals surface area contributed by atoms with E-state index in [2.05, 4.69) is 37.4 Å². The van der Waals surface area contributed by atoms with Crippen molar-refractivity contribution in [3.63, 3.8) is 0 Å². The van der Waals surface area contributed by atoms with E-state index in [0.29, 0.717) is 18.2 Å². The highest BCUT2D eigenvalue weighted by atomic mass is 32.1. The fourth-order valence-electron chi connectivity index (χ4n) is 4.47. The maximum absolute atomic E-state index is 12.7. The molecule has 4 rings (SSSR count). The second-order valence-corrected chi connectivity index (χ2v) is 9.64. The quantitative estimate of drug-likeness (QED) is 0.736. The molecule has 9 nitrogen and oxygen atoms in total. The third-order valence-electron chi connectivity index (χ3n) is 6.05. The third kappa shape index (κ3) is 4.85. The van der Waals surface area contributed by atoms with Gasteiger partial charge in [-0.25, -0.2) is 19.7 Å². The highest BCUT2D eigenvalue weighted by Crippen LogP contribution is 2.34. The first kappa shape index (κ1) is 21.6. The van der Waals surface area contributed by atoms with Crippen molar-refractivity contribution in [3.05, 3.63) is 34.4 Å². The molecule has 1 spiro atoms. The van der Waals surface area contributed by atoms with Crippen LogP contribution >= 0.6 is 11.3 Å². The SMILES string of the molecule is CC(=O)Nc1ncc([C@@H](C)N2CCC3(CC2)CN(Cc2cc(C)nc(C)n2)C(=O)N3)s1. The van der Waals surface area contributed by atoms with Gasteiger partial charge in [-0.2, -0.15) is 0 Å². The molecule has 2 aliphatic rings. The van der Waals surface area contributed by atoms with Crippen molar-refractivity contribution in [3.8, 4) is 0 Å². The number of nitrogens with one attached hydrogen (secondary N) is 2. The molecule has 0 aliphatic carbocycles. The molecule has 2 saturated heterocycles. The third-order valence-corrected chi connectivity index (χ3v) is 7.13. The first-order valence-corrected chi connectivity index (χ1v) is 11.4. The molecule has 2 N–H and O–H groups in total. The smallest absolute Gasteiger partial charge is 0.318 e. The van der Waals surface area contributed by atoms with E-state index >= 15 is 0 Å². The minimum Gasteiger partial charge on any atom is -0.331 e. The predicted octanol–water partition coefficient (Wildman–Crippen LogP) is 2.63. The fraction of sp³-hybridized carbons (Fsp3) is 0.571. The Balaban J connectivity index is 1.36. The van der Waals surface area contributed by atoms with E-state index in [9.17, 15) is 9.59 Å². The molecule has 0 aromatic carbocycles. The summed E-state index contributed by atoms with van der Waals surface area (Å²) in [5.41, 5.74) is 1.62. The Kier molecular flexibility index (Phi) is 5.94. The molecule has 4 heterocycles. The Bertz CT molecular complexity index is 964. The molecular formula is C21H29N7O2S. The average Bonchev–Trinajstić information content (AvgIpc) is 3.25. The molecule has 0 radical (unpaired) electrons. The second-order valence-electron chi connectivity index (χ2n) is 8.58. The Labute approximate surface area is 186 Å². The summed E-state index contributed by atoms with van der Waals surface area (Å²) in [4.78, 5) is 42.4. The van der Waals surface area contributed by atoms with Gasteiger partial charge in [0.05, 0.1) is 17.8 Å². The maximum Gasteiger partial charge on any atom is 0.318 e. The lowest BCUT2D eigenvalue weighted by Gasteiger charge is -2.41. The molecule has 31 heavy (non-hydrogen) atoms. The Morgan fingerprint density at radius 2 is 2.06 bits per heavy atom. The van der Waals surface area contributed by atoms with Gasteiger partial charge in [0.25, 0.3) is 0 Å². The van der Waals surface area contributed by atoms with Crippen LogP contribution in [0, 0.1) is 13.8 Å². The van der Waals surface area contributed by atoms with E-state index in [0.717, 1.165) is 48.0 Å². The van der Waals surface area contributed by atoms with Gasteiger partial charge in [0.1, 0.15) is 5.82 Å². The number of carbonyl (C=O) groups excluding carboxylic acids is 2. The lowest BCUT2D eigenvalue weighted by atomic mass is 9.87. The van der Waals surface area contributed by atoms with E-state index in [1.807, 2.05) is 31.0 Å². The van der Waals surface area contributed by atoms with Crippen LogP contribution in [0.4, 0.5) is 9.93 Å². The highest BCUT2D eigenvalue weighted by Gasteiger charge is 2.45. The van der Waals surface area contributed by atoms with Gasteiger partial charge < -0.3 is 15.5 Å². The van der Waals surface area contributed by atoms with Gasteiger partial charge >= 0.3 is 6.03 Å². The number of amides is 3. The maximum atomic E-state index is 12.7. The largest absolute Gasteiger partial charge is 0.331 e. The van der Waals surface area contributed by atoms with Crippen molar-refractivity contribution in [1.82, 2.24) is 30.1 Å². The Morgan fingerprint density at radius 3 is 2.74 bits per heavy atom. The lowest BCUT2D eigenvalue weighted by molar-refractivity contribution is -0.114. The monoisotopic (exact) mass is 443 g/mol. The minimum absolute atomic E-state index is 0.0159. The summed E-state index contributed by atoms with van der Waals surface area (Å²) in [5, 5.41) is 6.64. The van der Waals surface area contributed by atoms with Gasteiger partial charge in [-0.15, -0.1) is 11.3 Å². The molecule has 2 aliphatic heterocycles. The Morgan fingerprint density at radius 1 is 1.32 bits per heavy atom. The number of thiazole rings is 1. The highest BCUT2D eigenvalue weighted by molar-refractivity contribution is 7.15. The number of urea groups is 1. The fourth-order valence-corrected chi connectivity index (χ4v) is 5.42. The van der Waals surface area contributed by atoms with Crippen LogP contribution in [-0.4, -0.2) is 61.9 Å². The van der Waals surface area contributed by atoms with Crippen LogP contribution in [0.1, 0.15) is 54.8 Å². The van der Waals surface area contributed by atoms with Gasteiger partial charge in [-0.05, 0) is 39.7 Å². The van der Waals surface area contributed by atoms with E-state index in [1.54, 1.807) is 0 Å². The molecule has 2 aromatic heterocycles. The number of hydrogen-bond donors (Lipinski definition) is 2. The lowest BCUT2D eigenvalue weighted by Crippen LogP contribution is -2.52. The van der Waals surface area contributed by atoms with E-state index < -0.39 is 0 Å². The van der Waals surface area contributed by atoms with Crippen LogP contribution < -0.4 is 10.6 Å². The van der Waals surface area contributed by atoms with Gasteiger partial charge in [-0.3, -0.25) is 9.69 Å². The first-order valence-electron chi connectivity index (χ1n) is 10.6. The summed E-state index contributed by atoms with van der Waals surface area (Å²) in [6.45, 7) is 10.5. The normalized spacial score (nSPS) is 19.5. The van der Waals surface area contributed by atoms with Gasteiger partial charge in [0.2, 0.25) is 5.91 Å². The van der Waals surface area contributed by atoms with Crippen LogP contribution in [-0.2, 0) is 11.3 Å². The molecule has 166 valence electrons. The van der Waals surface area contributed by atoms with Crippen molar-refractivity contribution in [2.45, 2.75) is 58.7 Å². The number of likely N-dealkylation sites (tertiary alicyclic amines) is 1. The first-order chi connectivity index (χ1) is 14.7. The average molecular weight is 444 g/mol. The molecular weight excluding hydrogens is 414 g/mol. The second kappa shape index (κ2) is 8.51. The van der Waals surface area contributed by atoms with Gasteiger partial charge in [0, 0.05) is 49.4 Å². The summed E-state index contributed by atoms with van der Waals surface area (Å²) in [6.07, 6.45) is 3.65. The molecule has 2 aromatic rings. The van der Waals surface area contributed by atoms with Crippen LogP contribution in [0.15, 0.2) is 12.3 Å². The van der Waals surface area contributed by atoms with Crippen LogP contribution in [0.3, 0.4) is 0 Å². The van der Waals surface area contributed by atoms with E-state index in [4.69, 9.17) is 0 Å². The zero-order valence-electron chi connectivity index (χ0n) is 18.4. The van der Waals surface area contributed by atoms with Gasteiger partial charge in [-0.1, -0.05) is 0 Å². The number of aryl methyl sites for hydroxylation is 2. The minimum atomic E-state index is -0.181. The topological polar surface area (TPSA) is 103 Å².